The van der Waals surface area contributed by atoms with Gasteiger partial charge < -0.3 is 24.6 Å². The molecule has 7 nitrogen and oxygen atoms in total. The third kappa shape index (κ3) is 4.94. The van der Waals surface area contributed by atoms with Gasteiger partial charge in [-0.2, -0.15) is 0 Å². The predicted octanol–water partition coefficient (Wildman–Crippen LogP) is 7.33. The van der Waals surface area contributed by atoms with Crippen LogP contribution in [0.3, 0.4) is 0 Å². The lowest BCUT2D eigenvalue weighted by atomic mass is 9.32. The highest BCUT2D eigenvalue weighted by molar-refractivity contribution is 7.14. The molecule has 3 fully saturated rings. The van der Waals surface area contributed by atoms with Crippen molar-refractivity contribution in [2.75, 3.05) is 27.3 Å². The van der Waals surface area contributed by atoms with E-state index in [2.05, 4.69) is 39.0 Å². The van der Waals surface area contributed by atoms with Crippen LogP contribution in [0.1, 0.15) is 92.3 Å². The predicted molar refractivity (Wildman–Crippen MR) is 192 cm³/mol. The fraction of sp³-hybridized carbons (Fsp3) is 0.610. The minimum absolute atomic E-state index is 0.0153. The molecule has 0 aliphatic heterocycles. The van der Waals surface area contributed by atoms with E-state index in [-0.39, 0.29) is 53.4 Å². The Bertz CT molecular complexity index is 1710. The standard InChI is InChI=1S/C41H53NO6S/c1-7-20-42(35(44)22-27-9-10-30(47-5)31(21-27)48-6)25-40(46)17-14-34-38(40,4)16-13-33-37(3)15-12-28(43)23-39(37)18-19-41(33,34)29(24-39)36(45)32-11-8-26(2)49-32/h8-11,18-19,21,24,28,33-34,43,46H,7,12-17,20,22-23,25H2,1-6H3. The number of aryl methyl sites for hydroxylation is 1. The lowest BCUT2D eigenvalue weighted by molar-refractivity contribution is -0.178. The van der Waals surface area contributed by atoms with Gasteiger partial charge in [-0.3, -0.25) is 9.59 Å². The second-order valence-electron chi connectivity index (χ2n) is 16.2. The number of hydrogen-bond acceptors (Lipinski definition) is 7. The summed E-state index contributed by atoms with van der Waals surface area (Å²) in [6.45, 7) is 9.60. The van der Waals surface area contributed by atoms with Crippen LogP contribution in [0.4, 0.5) is 0 Å². The summed E-state index contributed by atoms with van der Waals surface area (Å²) in [5.41, 5.74) is -0.833. The van der Waals surface area contributed by atoms with Gasteiger partial charge in [-0.25, -0.2) is 0 Å². The molecule has 8 heteroatoms. The van der Waals surface area contributed by atoms with E-state index >= 15 is 0 Å². The summed E-state index contributed by atoms with van der Waals surface area (Å²) in [5.74, 6) is 1.58. The number of ether oxygens (including phenoxy) is 2. The van der Waals surface area contributed by atoms with Gasteiger partial charge in [-0.05, 0) is 105 Å². The summed E-state index contributed by atoms with van der Waals surface area (Å²) in [6.07, 6.45) is 13.1. The first-order chi connectivity index (χ1) is 23.3. The summed E-state index contributed by atoms with van der Waals surface area (Å²) in [5, 5.41) is 23.9. The normalized spacial score (nSPS) is 37.1. The Morgan fingerprint density at radius 2 is 1.67 bits per heavy atom. The molecule has 8 rings (SSSR count). The van der Waals surface area contributed by atoms with Crippen LogP contribution >= 0.6 is 11.3 Å². The highest BCUT2D eigenvalue weighted by Crippen LogP contribution is 2.78. The van der Waals surface area contributed by atoms with Crippen molar-refractivity contribution in [3.8, 4) is 11.5 Å². The zero-order chi connectivity index (χ0) is 35.0. The quantitative estimate of drug-likeness (QED) is 0.201. The maximum atomic E-state index is 14.7. The maximum Gasteiger partial charge on any atom is 0.227 e. The summed E-state index contributed by atoms with van der Waals surface area (Å²) in [4.78, 5) is 32.4. The Balaban J connectivity index is 1.24. The van der Waals surface area contributed by atoms with E-state index in [0.717, 1.165) is 59.4 Å². The van der Waals surface area contributed by atoms with Gasteiger partial charge in [-0.1, -0.05) is 45.1 Å². The van der Waals surface area contributed by atoms with E-state index < -0.39 is 16.4 Å². The molecule has 1 aromatic heterocycles. The first-order valence-corrected chi connectivity index (χ1v) is 19.1. The Labute approximate surface area is 295 Å². The van der Waals surface area contributed by atoms with E-state index in [1.54, 1.807) is 25.6 Å². The summed E-state index contributed by atoms with van der Waals surface area (Å²) in [7, 11) is 3.19. The van der Waals surface area contributed by atoms with Crippen molar-refractivity contribution in [1.82, 2.24) is 4.90 Å². The van der Waals surface area contributed by atoms with Crippen LogP contribution in [-0.2, 0) is 11.2 Å². The number of carbonyl (C=O) groups excluding carboxylic acids is 2. The number of aliphatic hydroxyl groups excluding tert-OH is 1. The third-order valence-electron chi connectivity index (χ3n) is 14.0. The average Bonchev–Trinajstić information content (AvgIpc) is 3.63. The van der Waals surface area contributed by atoms with Crippen molar-refractivity contribution in [1.29, 1.82) is 0 Å². The van der Waals surface area contributed by atoms with Crippen molar-refractivity contribution in [2.24, 2.45) is 33.5 Å². The molecule has 1 amide bonds. The van der Waals surface area contributed by atoms with Crippen LogP contribution < -0.4 is 9.47 Å². The largest absolute Gasteiger partial charge is 0.493 e. The van der Waals surface area contributed by atoms with Gasteiger partial charge >= 0.3 is 0 Å². The molecule has 8 atom stereocenters. The van der Waals surface area contributed by atoms with Gasteiger partial charge in [0.2, 0.25) is 5.91 Å². The number of nitrogens with zero attached hydrogens (tertiary/aromatic N) is 1. The molecule has 8 unspecified atom stereocenters. The van der Waals surface area contributed by atoms with E-state index in [1.807, 2.05) is 42.2 Å². The second-order valence-corrected chi connectivity index (χ2v) is 17.5. The van der Waals surface area contributed by atoms with Crippen molar-refractivity contribution in [3.63, 3.8) is 0 Å². The molecule has 0 saturated heterocycles. The van der Waals surface area contributed by atoms with Gasteiger partial charge in [-0.15, -0.1) is 11.3 Å². The number of Topliss-reactive ketones (excluding diaryl/α,β-unsaturated/α-hetero) is 1. The fourth-order valence-electron chi connectivity index (χ4n) is 11.4. The number of thiophene rings is 1. The molecule has 1 aromatic carbocycles. The van der Waals surface area contributed by atoms with Crippen molar-refractivity contribution in [3.05, 3.63) is 69.5 Å². The highest BCUT2D eigenvalue weighted by atomic mass is 32.1. The van der Waals surface area contributed by atoms with Gasteiger partial charge in [0, 0.05) is 39.8 Å². The lowest BCUT2D eigenvalue weighted by Gasteiger charge is -2.71. The molecule has 49 heavy (non-hydrogen) atoms. The zero-order valence-corrected chi connectivity index (χ0v) is 30.8. The summed E-state index contributed by atoms with van der Waals surface area (Å²) < 4.78 is 10.9. The summed E-state index contributed by atoms with van der Waals surface area (Å²) in [6, 6.07) is 9.57. The fourth-order valence-corrected chi connectivity index (χ4v) is 12.3. The molecule has 0 radical (unpaired) electrons. The van der Waals surface area contributed by atoms with Crippen LogP contribution in [0.5, 0.6) is 11.5 Å². The van der Waals surface area contributed by atoms with Gasteiger partial charge in [0.05, 0.1) is 37.2 Å². The highest BCUT2D eigenvalue weighted by Gasteiger charge is 2.74. The monoisotopic (exact) mass is 687 g/mol. The smallest absolute Gasteiger partial charge is 0.227 e. The molecule has 6 aliphatic carbocycles. The molecule has 2 aromatic rings. The number of methoxy groups -OCH3 is 2. The van der Waals surface area contributed by atoms with E-state index in [9.17, 15) is 19.8 Å². The minimum atomic E-state index is -1.10. The number of hydrogen-bond donors (Lipinski definition) is 2. The van der Waals surface area contributed by atoms with Crippen LogP contribution in [0.15, 0.2) is 54.1 Å². The van der Waals surface area contributed by atoms with Crippen molar-refractivity contribution in [2.45, 2.75) is 97.2 Å². The molecule has 264 valence electrons. The third-order valence-corrected chi connectivity index (χ3v) is 15.0. The lowest BCUT2D eigenvalue weighted by Crippen LogP contribution is -2.67. The van der Waals surface area contributed by atoms with Crippen molar-refractivity contribution < 1.29 is 29.3 Å². The molecule has 6 aliphatic rings. The molecule has 2 spiro atoms. The first-order valence-electron chi connectivity index (χ1n) is 18.2. The number of benzene rings is 1. The van der Waals surface area contributed by atoms with Gasteiger partial charge in [0.15, 0.2) is 17.3 Å². The number of allylic oxidation sites excluding steroid dienone is 4. The van der Waals surface area contributed by atoms with Crippen molar-refractivity contribution >= 4 is 23.0 Å². The topological polar surface area (TPSA) is 96.3 Å². The Morgan fingerprint density at radius 3 is 2.37 bits per heavy atom. The number of ketones is 1. The van der Waals surface area contributed by atoms with Gasteiger partial charge in [0.1, 0.15) is 0 Å². The second kappa shape index (κ2) is 12.1. The number of rotatable bonds is 10. The Hall–Kier alpha value is -2.94. The zero-order valence-electron chi connectivity index (χ0n) is 30.0. The molecule has 2 N–H and O–H groups in total. The average molecular weight is 688 g/mol. The van der Waals surface area contributed by atoms with Crippen LogP contribution in [0.2, 0.25) is 0 Å². The molecular formula is C41H53NO6S. The summed E-state index contributed by atoms with van der Waals surface area (Å²) >= 11 is 1.55. The molecular weight excluding hydrogens is 635 g/mol. The van der Waals surface area contributed by atoms with Crippen LogP contribution in [-0.4, -0.2) is 65.8 Å². The van der Waals surface area contributed by atoms with E-state index in [0.29, 0.717) is 30.9 Å². The van der Waals surface area contributed by atoms with Crippen LogP contribution in [0, 0.1) is 40.4 Å². The van der Waals surface area contributed by atoms with E-state index in [1.165, 1.54) is 0 Å². The van der Waals surface area contributed by atoms with Crippen LogP contribution in [0.25, 0.3) is 0 Å². The number of fused-ring (bicyclic) bond motifs is 1. The van der Waals surface area contributed by atoms with E-state index in [4.69, 9.17) is 9.47 Å². The molecule has 2 bridgehead atoms. The number of aliphatic hydroxyl groups is 2. The number of amides is 1. The SMILES string of the molecule is CCCN(CC1(O)CCC2C34C=CC5(C=C3C(=O)c3ccc(C)s3)CC(O)CCC5(C)C4CCC21C)C(=O)Cc1ccc(OC)c(OC)c1. The Kier molecular flexibility index (Phi) is 8.51. The molecule has 1 heterocycles. The maximum absolute atomic E-state index is 14.7. The first kappa shape index (κ1) is 34.5. The Morgan fingerprint density at radius 1 is 0.959 bits per heavy atom. The minimum Gasteiger partial charge on any atom is -0.493 e. The molecule has 3 saturated carbocycles. The van der Waals surface area contributed by atoms with Gasteiger partial charge in [0.25, 0.3) is 0 Å². The number of carbonyl (C=O) groups is 2.